The van der Waals surface area contributed by atoms with Gasteiger partial charge in [-0.15, -0.1) is 0 Å². The molecule has 1 rings (SSSR count). The Hall–Kier alpha value is -1.20. The van der Waals surface area contributed by atoms with Crippen molar-refractivity contribution in [3.05, 3.63) is 18.5 Å². The van der Waals surface area contributed by atoms with Crippen LogP contribution in [0.25, 0.3) is 0 Å². The fourth-order valence-electron chi connectivity index (χ4n) is 0.669. The van der Waals surface area contributed by atoms with Crippen molar-refractivity contribution in [3.8, 4) is 6.01 Å². The highest BCUT2D eigenvalue weighted by molar-refractivity contribution is 4.93. The normalized spacial score (nSPS) is 12.5. The largest absolute Gasteiger partial charge is 0.434 e. The molecule has 1 aromatic rings. The van der Waals surface area contributed by atoms with Crippen LogP contribution in [0.5, 0.6) is 6.01 Å². The van der Waals surface area contributed by atoms with Crippen molar-refractivity contribution >= 4 is 0 Å². The number of ether oxygens (including phenoxy) is 1. The Bertz CT molecular complexity index is 217. The van der Waals surface area contributed by atoms with Crippen LogP contribution in [0.15, 0.2) is 18.5 Å². The second-order valence-corrected chi connectivity index (χ2v) is 2.18. The van der Waals surface area contributed by atoms with Crippen LogP contribution in [0, 0.1) is 0 Å². The maximum atomic E-state index is 9.12. The first-order valence-corrected chi connectivity index (χ1v) is 3.64. The Morgan fingerprint density at radius 3 is 2.75 bits per heavy atom. The highest BCUT2D eigenvalue weighted by Gasteiger charge is 2.04. The summed E-state index contributed by atoms with van der Waals surface area (Å²) in [7, 11) is 0. The van der Waals surface area contributed by atoms with Gasteiger partial charge in [0.05, 0.1) is 0 Å². The number of nitrogens with zero attached hydrogens (tertiary/aromatic N) is 2. The minimum Gasteiger partial charge on any atom is -0.434 e. The van der Waals surface area contributed by atoms with Crippen molar-refractivity contribution in [1.82, 2.24) is 9.97 Å². The van der Waals surface area contributed by atoms with Crippen molar-refractivity contribution in [2.24, 2.45) is 5.73 Å². The molecule has 0 aliphatic heterocycles. The van der Waals surface area contributed by atoms with E-state index in [2.05, 4.69) is 9.97 Å². The van der Waals surface area contributed by atoms with Gasteiger partial charge in [-0.2, -0.15) is 0 Å². The van der Waals surface area contributed by atoms with E-state index in [0.717, 1.165) is 0 Å². The number of aliphatic hydroxyl groups is 1. The predicted octanol–water partition coefficient (Wildman–Crippen LogP) is -0.477. The number of aliphatic hydroxyl groups excluding tert-OH is 1. The highest BCUT2D eigenvalue weighted by atomic mass is 16.6. The lowest BCUT2D eigenvalue weighted by Gasteiger charge is -2.09. The monoisotopic (exact) mass is 169 g/mol. The van der Waals surface area contributed by atoms with Gasteiger partial charge in [0, 0.05) is 18.8 Å². The topological polar surface area (TPSA) is 81.3 Å². The van der Waals surface area contributed by atoms with E-state index >= 15 is 0 Å². The van der Waals surface area contributed by atoms with E-state index in [0.29, 0.717) is 13.0 Å². The van der Waals surface area contributed by atoms with Crippen LogP contribution in [-0.2, 0) is 0 Å². The molecule has 0 amide bonds. The fourth-order valence-corrected chi connectivity index (χ4v) is 0.669. The van der Waals surface area contributed by atoms with E-state index < -0.39 is 6.29 Å². The molecule has 0 aliphatic rings. The summed E-state index contributed by atoms with van der Waals surface area (Å²) in [4.78, 5) is 7.53. The fraction of sp³-hybridized carbons (Fsp3) is 0.429. The molecule has 0 spiro atoms. The first-order valence-electron chi connectivity index (χ1n) is 3.64. The molecule has 0 fully saturated rings. The van der Waals surface area contributed by atoms with Crippen molar-refractivity contribution in [2.75, 3.05) is 6.54 Å². The molecule has 0 aromatic carbocycles. The molecule has 0 bridgehead atoms. The Morgan fingerprint density at radius 1 is 1.50 bits per heavy atom. The van der Waals surface area contributed by atoms with Crippen molar-refractivity contribution in [1.29, 1.82) is 0 Å². The molecule has 0 saturated heterocycles. The molecule has 3 N–H and O–H groups in total. The number of nitrogens with two attached hydrogens (primary N) is 1. The van der Waals surface area contributed by atoms with Crippen LogP contribution in [0.2, 0.25) is 0 Å². The van der Waals surface area contributed by atoms with Gasteiger partial charge in [-0.05, 0) is 12.6 Å². The van der Waals surface area contributed by atoms with Gasteiger partial charge in [-0.25, -0.2) is 9.97 Å². The molecule has 1 heterocycles. The number of hydrogen-bond donors (Lipinski definition) is 2. The van der Waals surface area contributed by atoms with Crippen LogP contribution in [0.4, 0.5) is 0 Å². The van der Waals surface area contributed by atoms with E-state index in [4.69, 9.17) is 15.6 Å². The third kappa shape index (κ3) is 2.81. The first-order chi connectivity index (χ1) is 5.83. The highest BCUT2D eigenvalue weighted by Crippen LogP contribution is 2.01. The Morgan fingerprint density at radius 2 is 2.17 bits per heavy atom. The smallest absolute Gasteiger partial charge is 0.318 e. The number of aromatic nitrogens is 2. The van der Waals surface area contributed by atoms with E-state index in [9.17, 15) is 0 Å². The summed E-state index contributed by atoms with van der Waals surface area (Å²) in [5, 5.41) is 9.12. The average Bonchev–Trinajstić information content (AvgIpc) is 2.06. The molecular weight excluding hydrogens is 158 g/mol. The molecule has 1 aromatic heterocycles. The van der Waals surface area contributed by atoms with Gasteiger partial charge < -0.3 is 15.6 Å². The van der Waals surface area contributed by atoms with Crippen molar-refractivity contribution < 1.29 is 9.84 Å². The third-order valence-corrected chi connectivity index (χ3v) is 1.20. The molecule has 5 nitrogen and oxygen atoms in total. The number of rotatable bonds is 4. The maximum absolute atomic E-state index is 9.12. The zero-order valence-electron chi connectivity index (χ0n) is 6.55. The molecular formula is C7H11N3O2. The lowest BCUT2D eigenvalue weighted by molar-refractivity contribution is -0.0274. The van der Waals surface area contributed by atoms with E-state index in [1.807, 2.05) is 0 Å². The lowest BCUT2D eigenvalue weighted by Crippen LogP contribution is -2.20. The van der Waals surface area contributed by atoms with E-state index in [1.54, 1.807) is 6.07 Å². The van der Waals surface area contributed by atoms with Crippen molar-refractivity contribution in [3.63, 3.8) is 0 Å². The van der Waals surface area contributed by atoms with Crippen LogP contribution < -0.4 is 10.5 Å². The Balaban J connectivity index is 2.41. The summed E-state index contributed by atoms with van der Waals surface area (Å²) in [5.74, 6) is 0. The SMILES string of the molecule is NCCC(O)Oc1ncccn1. The zero-order valence-corrected chi connectivity index (χ0v) is 6.55. The average molecular weight is 169 g/mol. The molecule has 1 atom stereocenters. The van der Waals surface area contributed by atoms with Gasteiger partial charge in [-0.1, -0.05) is 0 Å². The van der Waals surface area contributed by atoms with E-state index in [1.165, 1.54) is 12.4 Å². The molecule has 0 saturated carbocycles. The van der Waals surface area contributed by atoms with Gasteiger partial charge >= 0.3 is 6.01 Å². The second-order valence-electron chi connectivity index (χ2n) is 2.18. The number of hydrogen-bond acceptors (Lipinski definition) is 5. The Kier molecular flexibility index (Phi) is 3.43. The molecule has 0 aliphatic carbocycles. The van der Waals surface area contributed by atoms with Gasteiger partial charge in [0.25, 0.3) is 0 Å². The molecule has 0 radical (unpaired) electrons. The first kappa shape index (κ1) is 8.89. The van der Waals surface area contributed by atoms with Gasteiger partial charge in [0.2, 0.25) is 6.29 Å². The van der Waals surface area contributed by atoms with Crippen molar-refractivity contribution in [2.45, 2.75) is 12.7 Å². The summed E-state index contributed by atoms with van der Waals surface area (Å²) in [5.41, 5.74) is 5.20. The molecule has 66 valence electrons. The van der Waals surface area contributed by atoms with Gasteiger partial charge in [0.15, 0.2) is 0 Å². The lowest BCUT2D eigenvalue weighted by atomic mass is 10.4. The molecule has 5 heteroatoms. The predicted molar refractivity (Wildman–Crippen MR) is 42.3 cm³/mol. The molecule has 12 heavy (non-hydrogen) atoms. The minimum atomic E-state index is -0.919. The van der Waals surface area contributed by atoms with Gasteiger partial charge in [-0.3, -0.25) is 0 Å². The second kappa shape index (κ2) is 4.63. The quantitative estimate of drug-likeness (QED) is 0.595. The maximum Gasteiger partial charge on any atom is 0.318 e. The summed E-state index contributed by atoms with van der Waals surface area (Å²) < 4.78 is 4.91. The van der Waals surface area contributed by atoms with Gasteiger partial charge in [0.1, 0.15) is 0 Å². The van der Waals surface area contributed by atoms with Crippen LogP contribution in [0.1, 0.15) is 6.42 Å². The Labute approximate surface area is 70.2 Å². The third-order valence-electron chi connectivity index (χ3n) is 1.20. The van der Waals surface area contributed by atoms with Crippen LogP contribution in [-0.4, -0.2) is 27.9 Å². The molecule has 1 unspecified atom stereocenters. The minimum absolute atomic E-state index is 0.165. The summed E-state index contributed by atoms with van der Waals surface area (Å²) in [6, 6.07) is 1.83. The standard InChI is InChI=1S/C7H11N3O2/c8-3-2-6(11)12-7-9-4-1-5-10-7/h1,4-6,11H,2-3,8H2. The summed E-state index contributed by atoms with van der Waals surface area (Å²) in [6.07, 6.45) is 2.53. The van der Waals surface area contributed by atoms with Crippen LogP contribution in [0.3, 0.4) is 0 Å². The summed E-state index contributed by atoms with van der Waals surface area (Å²) in [6.45, 7) is 0.369. The van der Waals surface area contributed by atoms with Crippen LogP contribution >= 0.6 is 0 Å². The zero-order chi connectivity index (χ0) is 8.81. The van der Waals surface area contributed by atoms with E-state index in [-0.39, 0.29) is 6.01 Å². The summed E-state index contributed by atoms with van der Waals surface area (Å²) >= 11 is 0.